The molecular weight excluding hydrogens is 677 g/mol. The smallest absolute Gasteiger partial charge is 0.270 e. The number of thioether (sulfide) groups is 1. The third-order valence-electron chi connectivity index (χ3n) is 5.77. The average Bonchev–Trinajstić information content (AvgIpc) is 2.99. The number of nitriles is 1. The van der Waals surface area contributed by atoms with Crippen molar-refractivity contribution in [2.45, 2.75) is 5.25 Å². The number of non-ortho nitro benzene ring substituents is 1. The van der Waals surface area contributed by atoms with Gasteiger partial charge in [-0.25, -0.2) is 0 Å². The van der Waals surface area contributed by atoms with Gasteiger partial charge in [0.1, 0.15) is 16.9 Å². The van der Waals surface area contributed by atoms with E-state index in [0.717, 1.165) is 11.8 Å². The van der Waals surface area contributed by atoms with Crippen molar-refractivity contribution in [1.29, 1.82) is 5.26 Å². The Morgan fingerprint density at radius 3 is 1.98 bits per heavy atom. The van der Waals surface area contributed by atoms with E-state index >= 15 is 0 Å². The van der Waals surface area contributed by atoms with Crippen molar-refractivity contribution in [2.24, 2.45) is 0 Å². The fraction of sp³-hybridized carbons (Fsp3) is 0.0333. The Balaban J connectivity index is 1.74. The van der Waals surface area contributed by atoms with Crippen LogP contribution in [-0.4, -0.2) is 16.7 Å². The Bertz CT molecular complexity index is 1730. The van der Waals surface area contributed by atoms with Crippen LogP contribution in [0.25, 0.3) is 0 Å². The summed E-state index contributed by atoms with van der Waals surface area (Å²) in [4.78, 5) is 37.7. The minimum Gasteiger partial charge on any atom is -0.349 e. The summed E-state index contributed by atoms with van der Waals surface area (Å²) >= 11 is 16.2. The number of anilines is 3. The van der Waals surface area contributed by atoms with Gasteiger partial charge in [0, 0.05) is 38.0 Å². The zero-order chi connectivity index (χ0) is 30.9. The first-order valence-electron chi connectivity index (χ1n) is 12.3. The number of nitro groups is 1. The summed E-state index contributed by atoms with van der Waals surface area (Å²) in [5, 5.41) is 30.0. The minimum absolute atomic E-state index is 0.100. The number of rotatable bonds is 10. The van der Waals surface area contributed by atoms with Gasteiger partial charge in [-0.2, -0.15) is 5.26 Å². The van der Waals surface area contributed by atoms with Crippen molar-refractivity contribution in [3.63, 3.8) is 0 Å². The second kappa shape index (κ2) is 14.7. The van der Waals surface area contributed by atoms with Gasteiger partial charge < -0.3 is 16.0 Å². The van der Waals surface area contributed by atoms with Crippen LogP contribution in [0.2, 0.25) is 10.0 Å². The summed E-state index contributed by atoms with van der Waals surface area (Å²) in [5.41, 5.74) is 1.38. The molecule has 0 heterocycles. The zero-order valence-electron chi connectivity index (χ0n) is 21.9. The maximum Gasteiger partial charge on any atom is 0.270 e. The molecule has 0 aliphatic carbocycles. The topological polar surface area (TPSA) is 137 Å². The van der Waals surface area contributed by atoms with Crippen molar-refractivity contribution >= 4 is 85.5 Å². The van der Waals surface area contributed by atoms with E-state index in [9.17, 15) is 25.0 Å². The largest absolute Gasteiger partial charge is 0.349 e. The van der Waals surface area contributed by atoms with Gasteiger partial charge in [-0.05, 0) is 76.1 Å². The van der Waals surface area contributed by atoms with Crippen molar-refractivity contribution in [1.82, 2.24) is 0 Å². The number of nitro benzene ring substituents is 1. The lowest BCUT2D eigenvalue weighted by atomic mass is 10.1. The molecule has 0 aliphatic rings. The standard InChI is InChI=1S/C30H20BrCl2N5O4S/c31-25-16-23(38(41)42)14-15-26(25)37-29(40)27(18-4-2-1-3-5-18)43-30(36-22-12-8-20(33)9-13-22)24(17-34)28(39)35-21-10-6-19(32)7-11-21/h1-16,27,36H,(H,35,39)(H,37,40)/b30-24-/t27-/m1/s1. The predicted octanol–water partition coefficient (Wildman–Crippen LogP) is 8.56. The molecular formula is C30H20BrCl2N5O4S. The van der Waals surface area contributed by atoms with Crippen LogP contribution in [0.4, 0.5) is 22.7 Å². The lowest BCUT2D eigenvalue weighted by Gasteiger charge is -2.21. The van der Waals surface area contributed by atoms with E-state index in [0.29, 0.717) is 37.1 Å². The fourth-order valence-electron chi connectivity index (χ4n) is 3.68. The van der Waals surface area contributed by atoms with Gasteiger partial charge in [0.15, 0.2) is 0 Å². The quantitative estimate of drug-likeness (QED) is 0.0654. The van der Waals surface area contributed by atoms with E-state index < -0.39 is 22.0 Å². The van der Waals surface area contributed by atoms with E-state index in [1.54, 1.807) is 78.9 Å². The highest BCUT2D eigenvalue weighted by Gasteiger charge is 2.28. The van der Waals surface area contributed by atoms with Crippen LogP contribution in [0.3, 0.4) is 0 Å². The molecule has 4 rings (SSSR count). The highest BCUT2D eigenvalue weighted by molar-refractivity contribution is 9.10. The number of benzene rings is 4. The van der Waals surface area contributed by atoms with Crippen LogP contribution < -0.4 is 16.0 Å². The van der Waals surface area contributed by atoms with E-state index in [-0.39, 0.29) is 16.3 Å². The number of amides is 2. The van der Waals surface area contributed by atoms with E-state index in [4.69, 9.17) is 23.2 Å². The molecule has 13 heteroatoms. The Morgan fingerprint density at radius 2 is 1.44 bits per heavy atom. The summed E-state index contributed by atoms with van der Waals surface area (Å²) < 4.78 is 0.307. The molecule has 4 aromatic carbocycles. The van der Waals surface area contributed by atoms with E-state index in [1.165, 1.54) is 18.2 Å². The molecule has 43 heavy (non-hydrogen) atoms. The summed E-state index contributed by atoms with van der Waals surface area (Å²) in [6.07, 6.45) is 0. The Kier molecular flexibility index (Phi) is 10.8. The number of carbonyl (C=O) groups is 2. The number of nitrogens with zero attached hydrogens (tertiary/aromatic N) is 2. The van der Waals surface area contributed by atoms with Crippen LogP contribution in [0.15, 0.2) is 112 Å². The van der Waals surface area contributed by atoms with Crippen molar-refractivity contribution in [3.05, 3.63) is 138 Å². The molecule has 216 valence electrons. The Hall–Kier alpha value is -4.34. The Morgan fingerprint density at radius 1 is 0.860 bits per heavy atom. The van der Waals surface area contributed by atoms with Gasteiger partial charge in [0.2, 0.25) is 5.91 Å². The zero-order valence-corrected chi connectivity index (χ0v) is 25.8. The maximum absolute atomic E-state index is 13.8. The van der Waals surface area contributed by atoms with Gasteiger partial charge in [-0.1, -0.05) is 65.3 Å². The molecule has 4 aromatic rings. The molecule has 0 spiro atoms. The SMILES string of the molecule is N#C/C(C(=O)Nc1ccc(Cl)cc1)=C(\Nc1ccc(Cl)cc1)S[C@@H](C(=O)Nc1ccc([N+](=O)[O-])cc1Br)c1ccccc1. The van der Waals surface area contributed by atoms with Crippen LogP contribution in [0, 0.1) is 21.4 Å². The first kappa shape index (κ1) is 31.6. The molecule has 3 N–H and O–H groups in total. The van der Waals surface area contributed by atoms with Crippen molar-refractivity contribution < 1.29 is 14.5 Å². The van der Waals surface area contributed by atoms with Crippen molar-refractivity contribution in [3.8, 4) is 6.07 Å². The predicted molar refractivity (Wildman–Crippen MR) is 174 cm³/mol. The fourth-order valence-corrected chi connectivity index (χ4v) is 5.53. The molecule has 0 bridgehead atoms. The van der Waals surface area contributed by atoms with Crippen LogP contribution >= 0.6 is 50.9 Å². The number of hydrogen-bond acceptors (Lipinski definition) is 7. The highest BCUT2D eigenvalue weighted by Crippen LogP contribution is 2.39. The van der Waals surface area contributed by atoms with Crippen LogP contribution in [0.5, 0.6) is 0 Å². The minimum atomic E-state index is -0.968. The van der Waals surface area contributed by atoms with Gasteiger partial charge in [-0.3, -0.25) is 19.7 Å². The maximum atomic E-state index is 13.8. The highest BCUT2D eigenvalue weighted by atomic mass is 79.9. The molecule has 2 amide bonds. The number of nitrogens with one attached hydrogen (secondary N) is 3. The van der Waals surface area contributed by atoms with E-state index in [1.807, 2.05) is 6.07 Å². The summed E-state index contributed by atoms with van der Waals surface area (Å²) in [6, 6.07) is 27.7. The monoisotopic (exact) mass is 695 g/mol. The normalized spacial score (nSPS) is 11.9. The molecule has 0 unspecified atom stereocenters. The lowest BCUT2D eigenvalue weighted by Crippen LogP contribution is -2.22. The third kappa shape index (κ3) is 8.59. The molecule has 0 saturated heterocycles. The number of hydrogen-bond donors (Lipinski definition) is 3. The summed E-state index contributed by atoms with van der Waals surface area (Å²) in [5.74, 6) is -1.21. The van der Waals surface area contributed by atoms with Crippen LogP contribution in [-0.2, 0) is 9.59 Å². The van der Waals surface area contributed by atoms with Gasteiger partial charge in [-0.15, -0.1) is 0 Å². The summed E-state index contributed by atoms with van der Waals surface area (Å²) in [7, 11) is 0. The molecule has 0 aliphatic heterocycles. The van der Waals surface area contributed by atoms with Gasteiger partial charge >= 0.3 is 0 Å². The number of halogens is 3. The van der Waals surface area contributed by atoms with Crippen molar-refractivity contribution in [2.75, 3.05) is 16.0 Å². The average molecular weight is 697 g/mol. The number of carbonyl (C=O) groups excluding carboxylic acids is 2. The molecule has 0 radical (unpaired) electrons. The Labute approximate surface area is 269 Å². The second-order valence-corrected chi connectivity index (χ2v) is 11.6. The van der Waals surface area contributed by atoms with Gasteiger partial charge in [0.25, 0.3) is 11.6 Å². The first-order valence-corrected chi connectivity index (χ1v) is 14.8. The first-order chi connectivity index (χ1) is 20.6. The molecule has 1 atom stereocenters. The summed E-state index contributed by atoms with van der Waals surface area (Å²) in [6.45, 7) is 0. The molecule has 0 saturated carbocycles. The van der Waals surface area contributed by atoms with Gasteiger partial charge in [0.05, 0.1) is 15.6 Å². The molecule has 9 nitrogen and oxygen atoms in total. The lowest BCUT2D eigenvalue weighted by molar-refractivity contribution is -0.384. The second-order valence-electron chi connectivity index (χ2n) is 8.73. The van der Waals surface area contributed by atoms with Crippen LogP contribution in [0.1, 0.15) is 10.8 Å². The molecule has 0 fully saturated rings. The van der Waals surface area contributed by atoms with E-state index in [2.05, 4.69) is 31.9 Å². The molecule has 0 aromatic heterocycles. The third-order valence-corrected chi connectivity index (χ3v) is 8.19.